The fraction of sp³-hybridized carbons (Fsp3) is 0.632. The van der Waals surface area contributed by atoms with Crippen molar-refractivity contribution in [3.63, 3.8) is 0 Å². The number of aliphatic hydroxyl groups is 1. The summed E-state index contributed by atoms with van der Waals surface area (Å²) in [5, 5.41) is 13.9. The van der Waals surface area contributed by atoms with Gasteiger partial charge in [-0.3, -0.25) is 0 Å². The second-order valence-electron chi connectivity index (χ2n) is 8.62. The SMILES string of the molecule is CC(C)(O)C(C)(C)O[B]c1ccc2nc(C3NC4CCC3C4)[nH]c2c1. The van der Waals surface area contributed by atoms with Crippen LogP contribution in [0, 0.1) is 5.92 Å². The van der Waals surface area contributed by atoms with Crippen LogP contribution in [0.2, 0.25) is 0 Å². The highest BCUT2D eigenvalue weighted by Crippen LogP contribution is 2.42. The molecule has 1 aliphatic heterocycles. The second kappa shape index (κ2) is 5.83. The summed E-state index contributed by atoms with van der Waals surface area (Å²) >= 11 is 0. The average molecular weight is 340 g/mol. The molecule has 2 aliphatic rings. The molecule has 1 radical (unpaired) electrons. The summed E-state index contributed by atoms with van der Waals surface area (Å²) in [7, 11) is 1.72. The molecule has 0 spiro atoms. The zero-order valence-electron chi connectivity index (χ0n) is 15.5. The third-order valence-electron chi connectivity index (χ3n) is 6.14. The fourth-order valence-electron chi connectivity index (χ4n) is 3.79. The van der Waals surface area contributed by atoms with E-state index in [1.807, 2.05) is 26.0 Å². The molecule has 1 aliphatic carbocycles. The van der Waals surface area contributed by atoms with Crippen molar-refractivity contribution in [2.45, 2.75) is 70.2 Å². The molecular formula is C19H27BN3O2. The number of nitrogens with zero attached hydrogens (tertiary/aromatic N) is 1. The monoisotopic (exact) mass is 340 g/mol. The van der Waals surface area contributed by atoms with E-state index in [1.165, 1.54) is 19.3 Å². The number of aromatic amines is 1. The molecule has 0 amide bonds. The Morgan fingerprint density at radius 1 is 1.24 bits per heavy atom. The first kappa shape index (κ1) is 17.1. The highest BCUT2D eigenvalue weighted by molar-refractivity contribution is 6.47. The summed E-state index contributed by atoms with van der Waals surface area (Å²) in [5.74, 6) is 1.77. The Labute approximate surface area is 149 Å². The van der Waals surface area contributed by atoms with Gasteiger partial charge in [0.1, 0.15) is 5.82 Å². The lowest BCUT2D eigenvalue weighted by Gasteiger charge is -2.37. The molecule has 1 saturated heterocycles. The van der Waals surface area contributed by atoms with Gasteiger partial charge in [0, 0.05) is 6.04 Å². The van der Waals surface area contributed by atoms with Crippen molar-refractivity contribution in [3.8, 4) is 0 Å². The summed E-state index contributed by atoms with van der Waals surface area (Å²) in [6, 6.07) is 7.11. The van der Waals surface area contributed by atoms with Crippen LogP contribution < -0.4 is 10.8 Å². The number of aromatic nitrogens is 2. The van der Waals surface area contributed by atoms with Crippen LogP contribution in [0.15, 0.2) is 18.2 Å². The van der Waals surface area contributed by atoms with E-state index in [0.29, 0.717) is 18.0 Å². The Kier molecular flexibility index (Phi) is 3.98. The average Bonchev–Trinajstić information content (AvgIpc) is 3.25. The van der Waals surface area contributed by atoms with Gasteiger partial charge in [-0.15, -0.1) is 0 Å². The van der Waals surface area contributed by atoms with Crippen molar-refractivity contribution in [1.29, 1.82) is 0 Å². The minimum Gasteiger partial charge on any atom is -0.427 e. The molecule has 1 aromatic heterocycles. The normalized spacial score (nSPS) is 26.5. The molecule has 4 rings (SSSR count). The smallest absolute Gasteiger partial charge is 0.330 e. The molecule has 1 saturated carbocycles. The number of H-pyrrole nitrogens is 1. The van der Waals surface area contributed by atoms with Crippen LogP contribution in [-0.2, 0) is 4.65 Å². The van der Waals surface area contributed by atoms with E-state index in [1.54, 1.807) is 21.3 Å². The van der Waals surface area contributed by atoms with E-state index >= 15 is 0 Å². The van der Waals surface area contributed by atoms with Gasteiger partial charge < -0.3 is 20.1 Å². The maximum atomic E-state index is 10.2. The van der Waals surface area contributed by atoms with Crippen molar-refractivity contribution < 1.29 is 9.76 Å². The standard InChI is InChI=1S/C19H27BN3O2/c1-18(2,24)19(3,4)25-20-12-6-8-14-15(10-12)23-17(22-14)16-11-5-7-13(9-11)21-16/h6,8,10-11,13,16,21,24H,5,7,9H2,1-4H3,(H,22,23). The lowest BCUT2D eigenvalue weighted by Crippen LogP contribution is -2.49. The third-order valence-corrected chi connectivity index (χ3v) is 6.14. The molecule has 1 aromatic carbocycles. The summed E-state index contributed by atoms with van der Waals surface area (Å²) in [6.45, 7) is 7.29. The number of benzene rings is 1. The Balaban J connectivity index is 1.51. The molecular weight excluding hydrogens is 313 g/mol. The largest absolute Gasteiger partial charge is 0.427 e. The third kappa shape index (κ3) is 3.11. The summed E-state index contributed by atoms with van der Waals surface area (Å²) in [4.78, 5) is 8.28. The predicted octanol–water partition coefficient (Wildman–Crippen LogP) is 2.19. The van der Waals surface area contributed by atoms with Gasteiger partial charge in [-0.05, 0) is 65.0 Å². The summed E-state index contributed by atoms with van der Waals surface area (Å²) in [5.41, 5.74) is 1.37. The molecule has 3 N–H and O–H groups in total. The molecule has 133 valence electrons. The summed E-state index contributed by atoms with van der Waals surface area (Å²) in [6.07, 6.45) is 3.88. The summed E-state index contributed by atoms with van der Waals surface area (Å²) < 4.78 is 5.85. The Hall–Kier alpha value is -1.37. The van der Waals surface area contributed by atoms with Crippen LogP contribution in [0.25, 0.3) is 11.0 Å². The molecule has 6 heteroatoms. The van der Waals surface area contributed by atoms with Gasteiger partial charge in [-0.25, -0.2) is 4.98 Å². The molecule has 2 fully saturated rings. The molecule has 2 aromatic rings. The van der Waals surface area contributed by atoms with Gasteiger partial charge in [0.25, 0.3) is 0 Å². The lowest BCUT2D eigenvalue weighted by molar-refractivity contribution is -0.0893. The van der Waals surface area contributed by atoms with Crippen LogP contribution in [0.3, 0.4) is 0 Å². The van der Waals surface area contributed by atoms with E-state index in [2.05, 4.69) is 16.4 Å². The van der Waals surface area contributed by atoms with Gasteiger partial charge in [0.15, 0.2) is 0 Å². The number of nitrogens with one attached hydrogen (secondary N) is 2. The molecule has 25 heavy (non-hydrogen) atoms. The maximum absolute atomic E-state index is 10.2. The first-order valence-corrected chi connectivity index (χ1v) is 9.22. The number of fused-ring (bicyclic) bond motifs is 3. The van der Waals surface area contributed by atoms with Crippen LogP contribution in [0.5, 0.6) is 0 Å². The van der Waals surface area contributed by atoms with Gasteiger partial charge in [-0.1, -0.05) is 11.5 Å². The van der Waals surface area contributed by atoms with Crippen molar-refractivity contribution in [2.24, 2.45) is 5.92 Å². The Bertz CT molecular complexity index is 781. The quantitative estimate of drug-likeness (QED) is 0.730. The topological polar surface area (TPSA) is 70.2 Å². The van der Waals surface area contributed by atoms with Crippen LogP contribution in [0.4, 0.5) is 0 Å². The van der Waals surface area contributed by atoms with Crippen molar-refractivity contribution >= 4 is 24.0 Å². The van der Waals surface area contributed by atoms with E-state index in [9.17, 15) is 5.11 Å². The van der Waals surface area contributed by atoms with Crippen LogP contribution in [0.1, 0.15) is 58.8 Å². The van der Waals surface area contributed by atoms with Crippen LogP contribution >= 0.6 is 0 Å². The van der Waals surface area contributed by atoms with E-state index in [0.717, 1.165) is 22.3 Å². The molecule has 3 atom stereocenters. The first-order chi connectivity index (χ1) is 11.7. The van der Waals surface area contributed by atoms with Gasteiger partial charge >= 0.3 is 7.48 Å². The molecule has 2 heterocycles. The first-order valence-electron chi connectivity index (χ1n) is 9.22. The minimum absolute atomic E-state index is 0.365. The van der Waals surface area contributed by atoms with Crippen molar-refractivity contribution in [3.05, 3.63) is 24.0 Å². The lowest BCUT2D eigenvalue weighted by atomic mass is 9.82. The molecule has 3 unspecified atom stereocenters. The predicted molar refractivity (Wildman–Crippen MR) is 99.9 cm³/mol. The maximum Gasteiger partial charge on any atom is 0.330 e. The number of hydrogen-bond acceptors (Lipinski definition) is 4. The van der Waals surface area contributed by atoms with Gasteiger partial charge in [0.2, 0.25) is 0 Å². The van der Waals surface area contributed by atoms with Crippen LogP contribution in [-0.4, -0.2) is 39.8 Å². The zero-order valence-corrected chi connectivity index (χ0v) is 15.5. The van der Waals surface area contributed by atoms with Gasteiger partial charge in [0.05, 0.1) is 28.3 Å². The molecule has 5 nitrogen and oxygen atoms in total. The number of imidazole rings is 1. The Morgan fingerprint density at radius 3 is 2.68 bits per heavy atom. The van der Waals surface area contributed by atoms with E-state index in [4.69, 9.17) is 9.64 Å². The van der Waals surface area contributed by atoms with Crippen molar-refractivity contribution in [1.82, 2.24) is 15.3 Å². The highest BCUT2D eigenvalue weighted by atomic mass is 16.5. The number of piperidine rings is 1. The molecule has 2 bridgehead atoms. The van der Waals surface area contributed by atoms with E-state index in [-0.39, 0.29) is 0 Å². The van der Waals surface area contributed by atoms with Gasteiger partial charge in [-0.2, -0.15) is 0 Å². The zero-order chi connectivity index (χ0) is 17.8. The van der Waals surface area contributed by atoms with Crippen molar-refractivity contribution in [2.75, 3.05) is 0 Å². The number of rotatable bonds is 5. The fourth-order valence-corrected chi connectivity index (χ4v) is 3.79. The minimum atomic E-state index is -0.928. The Morgan fingerprint density at radius 2 is 2.04 bits per heavy atom. The number of hydrogen-bond donors (Lipinski definition) is 3. The van der Waals surface area contributed by atoms with E-state index < -0.39 is 11.2 Å². The second-order valence-corrected chi connectivity index (χ2v) is 8.62. The highest BCUT2D eigenvalue weighted by Gasteiger charge is 2.41.